The zero-order chi connectivity index (χ0) is 21.8. The number of fused-ring (bicyclic) bond motifs is 1. The molecule has 6 heteroatoms. The minimum Gasteiger partial charge on any atom is -0.493 e. The van der Waals surface area contributed by atoms with Crippen molar-refractivity contribution in [1.29, 1.82) is 0 Å². The van der Waals surface area contributed by atoms with Crippen molar-refractivity contribution in [3.8, 4) is 17.0 Å². The number of ether oxygens (including phenoxy) is 1. The summed E-state index contributed by atoms with van der Waals surface area (Å²) in [6, 6.07) is 20.7. The first kappa shape index (κ1) is 20.3. The number of carbonyl (C=O) groups excluding carboxylic acids is 1. The summed E-state index contributed by atoms with van der Waals surface area (Å²) >= 11 is 0. The molecule has 2 amide bonds. The highest BCUT2D eigenvalue weighted by Gasteiger charge is 2.11. The topological polar surface area (TPSA) is 63.2 Å². The lowest BCUT2D eigenvalue weighted by Crippen LogP contribution is -2.19. The van der Waals surface area contributed by atoms with E-state index in [0.717, 1.165) is 27.7 Å². The number of nitrogens with one attached hydrogen (secondary N) is 2. The minimum absolute atomic E-state index is 0.297. The summed E-state index contributed by atoms with van der Waals surface area (Å²) in [4.78, 5) is 17.1. The van der Waals surface area contributed by atoms with Gasteiger partial charge in [-0.1, -0.05) is 12.1 Å². The molecule has 0 saturated heterocycles. The Labute approximate surface area is 179 Å². The van der Waals surface area contributed by atoms with Gasteiger partial charge in [0.2, 0.25) is 0 Å². The molecule has 0 aliphatic carbocycles. The van der Waals surface area contributed by atoms with Crippen LogP contribution in [0.1, 0.15) is 12.5 Å². The fourth-order valence-corrected chi connectivity index (χ4v) is 3.33. The van der Waals surface area contributed by atoms with Gasteiger partial charge in [-0.2, -0.15) is 0 Å². The van der Waals surface area contributed by atoms with Gasteiger partial charge >= 0.3 is 6.03 Å². The predicted molar refractivity (Wildman–Crippen MR) is 122 cm³/mol. The Morgan fingerprint density at radius 3 is 2.42 bits per heavy atom. The van der Waals surface area contributed by atoms with E-state index < -0.39 is 0 Å². The summed E-state index contributed by atoms with van der Waals surface area (Å²) in [5, 5.41) is 6.45. The third-order valence-electron chi connectivity index (χ3n) is 4.74. The number of halogens is 1. The Kier molecular flexibility index (Phi) is 5.80. The lowest BCUT2D eigenvalue weighted by atomic mass is 10.1. The molecule has 0 atom stereocenters. The van der Waals surface area contributed by atoms with E-state index in [4.69, 9.17) is 4.74 Å². The molecule has 1 aromatic heterocycles. The summed E-state index contributed by atoms with van der Waals surface area (Å²) in [5.74, 6) is 0.351. The van der Waals surface area contributed by atoms with Crippen molar-refractivity contribution in [3.63, 3.8) is 0 Å². The summed E-state index contributed by atoms with van der Waals surface area (Å²) in [6.07, 6.45) is 0. The Hall–Kier alpha value is -3.93. The fourth-order valence-electron chi connectivity index (χ4n) is 3.33. The van der Waals surface area contributed by atoms with E-state index in [0.29, 0.717) is 23.7 Å². The molecule has 4 aromatic rings. The van der Waals surface area contributed by atoms with Crippen LogP contribution >= 0.6 is 0 Å². The van der Waals surface area contributed by atoms with Crippen LogP contribution in [0.25, 0.3) is 22.2 Å². The van der Waals surface area contributed by atoms with Gasteiger partial charge in [0.1, 0.15) is 11.6 Å². The molecule has 156 valence electrons. The third-order valence-corrected chi connectivity index (χ3v) is 4.74. The van der Waals surface area contributed by atoms with Crippen molar-refractivity contribution < 1.29 is 13.9 Å². The molecule has 0 saturated carbocycles. The maximum absolute atomic E-state index is 13.3. The van der Waals surface area contributed by atoms with Gasteiger partial charge in [0.15, 0.2) is 0 Å². The van der Waals surface area contributed by atoms with Crippen LogP contribution in [0, 0.1) is 12.7 Å². The molecule has 4 rings (SSSR count). The quantitative estimate of drug-likeness (QED) is 0.397. The van der Waals surface area contributed by atoms with Crippen molar-refractivity contribution in [1.82, 2.24) is 4.98 Å². The number of hydrogen-bond acceptors (Lipinski definition) is 3. The Morgan fingerprint density at radius 2 is 1.71 bits per heavy atom. The average Bonchev–Trinajstić information content (AvgIpc) is 2.74. The number of amides is 2. The number of urea groups is 1. The van der Waals surface area contributed by atoms with Gasteiger partial charge in [0, 0.05) is 28.4 Å². The van der Waals surface area contributed by atoms with Crippen LogP contribution in [-0.4, -0.2) is 17.6 Å². The van der Waals surface area contributed by atoms with Crippen molar-refractivity contribution >= 4 is 28.3 Å². The smallest absolute Gasteiger partial charge is 0.323 e. The van der Waals surface area contributed by atoms with E-state index in [1.807, 2.05) is 56.3 Å². The van der Waals surface area contributed by atoms with Gasteiger partial charge in [-0.05, 0) is 74.0 Å². The average molecular weight is 415 g/mol. The highest BCUT2D eigenvalue weighted by atomic mass is 19.1. The molecule has 1 heterocycles. The van der Waals surface area contributed by atoms with E-state index >= 15 is 0 Å². The molecule has 5 nitrogen and oxygen atoms in total. The summed E-state index contributed by atoms with van der Waals surface area (Å²) in [6.45, 7) is 4.35. The molecule has 0 radical (unpaired) electrons. The van der Waals surface area contributed by atoms with Crippen LogP contribution in [0.15, 0.2) is 72.8 Å². The highest BCUT2D eigenvalue weighted by molar-refractivity contribution is 6.01. The van der Waals surface area contributed by atoms with Crippen LogP contribution < -0.4 is 15.4 Å². The predicted octanol–water partition coefficient (Wildman–Crippen LogP) is 6.39. The molecular formula is C25H22FN3O2. The van der Waals surface area contributed by atoms with Gasteiger partial charge in [-0.25, -0.2) is 14.2 Å². The van der Waals surface area contributed by atoms with E-state index in [9.17, 15) is 9.18 Å². The first-order valence-electron chi connectivity index (χ1n) is 10.00. The number of anilines is 2. The molecule has 0 spiro atoms. The standard InChI is InChI=1S/C25H22FN3O2/c1-3-31-24-15-23(17-7-9-18(26)10-8-17)29-22-12-11-20(14-21(22)24)28-25(30)27-19-6-4-5-16(2)13-19/h4-15H,3H2,1-2H3,(H2,27,28,30). The second-order valence-corrected chi connectivity index (χ2v) is 7.13. The first-order valence-corrected chi connectivity index (χ1v) is 10.00. The molecule has 2 N–H and O–H groups in total. The largest absolute Gasteiger partial charge is 0.493 e. The second-order valence-electron chi connectivity index (χ2n) is 7.13. The van der Waals surface area contributed by atoms with Gasteiger partial charge < -0.3 is 15.4 Å². The zero-order valence-corrected chi connectivity index (χ0v) is 17.3. The Morgan fingerprint density at radius 1 is 0.968 bits per heavy atom. The number of hydrogen-bond donors (Lipinski definition) is 2. The molecule has 3 aromatic carbocycles. The normalized spacial score (nSPS) is 10.7. The van der Waals surface area contributed by atoms with Crippen LogP contribution in [0.4, 0.5) is 20.6 Å². The van der Waals surface area contributed by atoms with Gasteiger partial charge in [-0.15, -0.1) is 0 Å². The Bertz CT molecular complexity index is 1240. The lowest BCUT2D eigenvalue weighted by Gasteiger charge is -2.13. The van der Waals surface area contributed by atoms with Crippen LogP contribution in [0.3, 0.4) is 0 Å². The maximum atomic E-state index is 13.3. The number of aromatic nitrogens is 1. The third kappa shape index (κ3) is 4.80. The number of carbonyl (C=O) groups is 1. The van der Waals surface area contributed by atoms with Crippen LogP contribution in [0.5, 0.6) is 5.75 Å². The molecule has 0 fully saturated rings. The van der Waals surface area contributed by atoms with Crippen LogP contribution in [0.2, 0.25) is 0 Å². The van der Waals surface area contributed by atoms with Crippen molar-refractivity contribution in [2.24, 2.45) is 0 Å². The van der Waals surface area contributed by atoms with Gasteiger partial charge in [0.25, 0.3) is 0 Å². The SMILES string of the molecule is CCOc1cc(-c2ccc(F)cc2)nc2ccc(NC(=O)Nc3cccc(C)c3)cc12. The number of rotatable bonds is 5. The Balaban J connectivity index is 1.63. The van der Waals surface area contributed by atoms with E-state index in [2.05, 4.69) is 15.6 Å². The summed E-state index contributed by atoms with van der Waals surface area (Å²) in [5.41, 5.74) is 4.61. The van der Waals surface area contributed by atoms with Gasteiger partial charge in [0.05, 0.1) is 17.8 Å². The van der Waals surface area contributed by atoms with E-state index in [-0.39, 0.29) is 11.8 Å². The van der Waals surface area contributed by atoms with Crippen molar-refractivity contribution in [2.45, 2.75) is 13.8 Å². The fraction of sp³-hybridized carbons (Fsp3) is 0.120. The first-order chi connectivity index (χ1) is 15.0. The summed E-state index contributed by atoms with van der Waals surface area (Å²) < 4.78 is 19.1. The van der Waals surface area contributed by atoms with Crippen molar-refractivity contribution in [3.05, 3.63) is 84.2 Å². The molecular weight excluding hydrogens is 393 g/mol. The number of pyridine rings is 1. The monoisotopic (exact) mass is 415 g/mol. The molecule has 31 heavy (non-hydrogen) atoms. The van der Waals surface area contributed by atoms with Crippen molar-refractivity contribution in [2.75, 3.05) is 17.2 Å². The van der Waals surface area contributed by atoms with E-state index in [1.165, 1.54) is 12.1 Å². The molecule has 0 unspecified atom stereocenters. The van der Waals surface area contributed by atoms with Crippen LogP contribution in [-0.2, 0) is 0 Å². The number of nitrogens with zero attached hydrogens (tertiary/aromatic N) is 1. The molecule has 0 aliphatic heterocycles. The number of aryl methyl sites for hydroxylation is 1. The minimum atomic E-state index is -0.334. The molecule has 0 aliphatic rings. The van der Waals surface area contributed by atoms with Gasteiger partial charge in [-0.3, -0.25) is 0 Å². The molecule has 0 bridgehead atoms. The number of benzene rings is 3. The lowest BCUT2D eigenvalue weighted by molar-refractivity contribution is 0.262. The maximum Gasteiger partial charge on any atom is 0.323 e. The highest BCUT2D eigenvalue weighted by Crippen LogP contribution is 2.32. The summed E-state index contributed by atoms with van der Waals surface area (Å²) in [7, 11) is 0. The second kappa shape index (κ2) is 8.83. The zero-order valence-electron chi connectivity index (χ0n) is 17.3. The van der Waals surface area contributed by atoms with E-state index in [1.54, 1.807) is 18.2 Å².